The lowest BCUT2D eigenvalue weighted by Gasteiger charge is -2.32. The molecule has 1 aliphatic rings. The molecule has 0 radical (unpaired) electrons. The smallest absolute Gasteiger partial charge is 0.318 e. The maximum absolute atomic E-state index is 13.2. The Kier molecular flexibility index (Phi) is 7.53. The molecule has 3 aromatic rings. The fraction of sp³-hybridized carbons (Fsp3) is 0.391. The normalized spacial score (nSPS) is 14.3. The average molecular weight is 470 g/mol. The van der Waals surface area contributed by atoms with Crippen molar-refractivity contribution in [3.63, 3.8) is 0 Å². The fourth-order valence-corrected chi connectivity index (χ4v) is 3.40. The van der Waals surface area contributed by atoms with Gasteiger partial charge in [0.25, 0.3) is 0 Å². The summed E-state index contributed by atoms with van der Waals surface area (Å²) in [7, 11) is 4.01. The number of hydrogen-bond acceptors (Lipinski definition) is 10. The van der Waals surface area contributed by atoms with E-state index in [1.165, 1.54) is 6.33 Å². The molecule has 1 fully saturated rings. The highest BCUT2D eigenvalue weighted by Gasteiger charge is 2.23. The van der Waals surface area contributed by atoms with Crippen molar-refractivity contribution in [1.29, 1.82) is 0 Å². The molecule has 0 spiro atoms. The number of nitrogens with two attached hydrogens (primary N) is 1. The van der Waals surface area contributed by atoms with Crippen LogP contribution in [0.2, 0.25) is 0 Å². The number of ether oxygens (including phenoxy) is 3. The summed E-state index contributed by atoms with van der Waals surface area (Å²) >= 11 is 0. The fourth-order valence-electron chi connectivity index (χ4n) is 3.40. The van der Waals surface area contributed by atoms with Crippen molar-refractivity contribution in [2.45, 2.75) is 18.9 Å². The number of benzene rings is 1. The van der Waals surface area contributed by atoms with Gasteiger partial charge < -0.3 is 29.7 Å². The minimum absolute atomic E-state index is 0.0860. The first-order valence-electron chi connectivity index (χ1n) is 11.0. The molecule has 0 aliphatic carbocycles. The van der Waals surface area contributed by atoms with Gasteiger partial charge >= 0.3 is 6.01 Å². The van der Waals surface area contributed by atoms with Crippen LogP contribution < -0.4 is 24.8 Å². The van der Waals surface area contributed by atoms with Crippen LogP contribution in [0.3, 0.4) is 0 Å². The van der Waals surface area contributed by atoms with E-state index in [1.54, 1.807) is 0 Å². The van der Waals surface area contributed by atoms with Crippen LogP contribution in [0, 0.1) is 5.82 Å². The van der Waals surface area contributed by atoms with Crippen LogP contribution in [-0.2, 0) is 0 Å². The summed E-state index contributed by atoms with van der Waals surface area (Å²) < 4.78 is 30.6. The molecule has 4 rings (SSSR count). The summed E-state index contributed by atoms with van der Waals surface area (Å²) in [5.41, 5.74) is 5.48. The topological polar surface area (TPSA) is 112 Å². The summed E-state index contributed by atoms with van der Waals surface area (Å²) in [6.45, 7) is 2.91. The summed E-state index contributed by atoms with van der Waals surface area (Å²) in [5.74, 6) is 1.80. The van der Waals surface area contributed by atoms with Gasteiger partial charge in [-0.05, 0) is 38.4 Å². The largest absolute Gasteiger partial charge is 0.492 e. The Hall–Kier alpha value is -3.73. The minimum atomic E-state index is -0.659. The van der Waals surface area contributed by atoms with Gasteiger partial charge in [0.1, 0.15) is 36.4 Å². The second kappa shape index (κ2) is 10.9. The lowest BCUT2D eigenvalue weighted by molar-refractivity contribution is 0.156. The van der Waals surface area contributed by atoms with E-state index in [-0.39, 0.29) is 17.9 Å². The molecule has 0 saturated carbocycles. The second-order valence-electron chi connectivity index (χ2n) is 8.13. The van der Waals surface area contributed by atoms with Crippen molar-refractivity contribution in [2.24, 2.45) is 0 Å². The highest BCUT2D eigenvalue weighted by Crippen LogP contribution is 2.26. The summed E-state index contributed by atoms with van der Waals surface area (Å²) in [6, 6.07) is 9.34. The van der Waals surface area contributed by atoms with Crippen molar-refractivity contribution < 1.29 is 18.6 Å². The van der Waals surface area contributed by atoms with Gasteiger partial charge in [0.05, 0.1) is 6.20 Å². The first-order chi connectivity index (χ1) is 16.5. The van der Waals surface area contributed by atoms with Crippen LogP contribution >= 0.6 is 0 Å². The molecule has 34 heavy (non-hydrogen) atoms. The van der Waals surface area contributed by atoms with E-state index in [9.17, 15) is 4.39 Å². The highest BCUT2D eigenvalue weighted by molar-refractivity contribution is 5.43. The van der Waals surface area contributed by atoms with E-state index in [1.807, 2.05) is 44.4 Å². The first-order valence-corrected chi connectivity index (χ1v) is 11.0. The van der Waals surface area contributed by atoms with E-state index < -0.39 is 5.82 Å². The van der Waals surface area contributed by atoms with E-state index in [2.05, 4.69) is 29.7 Å². The highest BCUT2D eigenvalue weighted by atomic mass is 19.1. The van der Waals surface area contributed by atoms with Gasteiger partial charge in [-0.3, -0.25) is 0 Å². The molecule has 2 aromatic heterocycles. The van der Waals surface area contributed by atoms with Gasteiger partial charge in [-0.2, -0.15) is 4.98 Å². The van der Waals surface area contributed by atoms with Gasteiger partial charge in [0.15, 0.2) is 11.6 Å². The van der Waals surface area contributed by atoms with E-state index in [4.69, 9.17) is 19.9 Å². The number of aromatic nitrogens is 4. The van der Waals surface area contributed by atoms with Crippen molar-refractivity contribution in [2.75, 3.05) is 51.0 Å². The molecular formula is C23H28FN7O3. The maximum Gasteiger partial charge on any atom is 0.318 e. The molecule has 2 N–H and O–H groups in total. The van der Waals surface area contributed by atoms with Crippen LogP contribution in [-0.4, -0.2) is 71.3 Å². The molecule has 1 aliphatic heterocycles. The molecule has 0 unspecified atom stereocenters. The molecule has 11 heteroatoms. The van der Waals surface area contributed by atoms with Gasteiger partial charge in [0.2, 0.25) is 5.88 Å². The van der Waals surface area contributed by atoms with Crippen molar-refractivity contribution in [3.05, 3.63) is 48.7 Å². The number of nitrogens with zero attached hydrogens (tertiary/aromatic N) is 6. The summed E-state index contributed by atoms with van der Waals surface area (Å²) in [5, 5.41) is 0. The van der Waals surface area contributed by atoms with Gasteiger partial charge in [-0.15, -0.1) is 0 Å². The molecule has 1 saturated heterocycles. The SMILES string of the molecule is CN(C)CCOc1ccc(Oc2cc(N3CCC(Oc4ncc(F)c(N)n4)CC3)ncn2)cc1. The lowest BCUT2D eigenvalue weighted by Crippen LogP contribution is -2.39. The Labute approximate surface area is 197 Å². The van der Waals surface area contributed by atoms with Crippen LogP contribution in [0.25, 0.3) is 0 Å². The van der Waals surface area contributed by atoms with Crippen LogP contribution in [0.5, 0.6) is 23.4 Å². The zero-order valence-corrected chi connectivity index (χ0v) is 19.2. The van der Waals surface area contributed by atoms with Crippen LogP contribution in [0.4, 0.5) is 16.0 Å². The van der Waals surface area contributed by atoms with Crippen LogP contribution in [0.1, 0.15) is 12.8 Å². The van der Waals surface area contributed by atoms with Crippen molar-refractivity contribution in [3.8, 4) is 23.4 Å². The monoisotopic (exact) mass is 469 g/mol. The number of hydrogen-bond donors (Lipinski definition) is 1. The van der Waals surface area contributed by atoms with Gasteiger partial charge in [0, 0.05) is 38.5 Å². The third-order valence-electron chi connectivity index (χ3n) is 5.27. The second-order valence-corrected chi connectivity index (χ2v) is 8.13. The summed E-state index contributed by atoms with van der Waals surface area (Å²) in [4.78, 5) is 20.5. The Morgan fingerprint density at radius 3 is 2.53 bits per heavy atom. The maximum atomic E-state index is 13.2. The third kappa shape index (κ3) is 6.41. The van der Waals surface area contributed by atoms with Crippen LogP contribution in [0.15, 0.2) is 42.9 Å². The third-order valence-corrected chi connectivity index (χ3v) is 5.27. The van der Waals surface area contributed by atoms with Crippen molar-refractivity contribution >= 4 is 11.6 Å². The Morgan fingerprint density at radius 2 is 1.82 bits per heavy atom. The average Bonchev–Trinajstić information content (AvgIpc) is 2.83. The minimum Gasteiger partial charge on any atom is -0.492 e. The number of likely N-dealkylation sites (N-methyl/N-ethyl adjacent to an activating group) is 1. The molecule has 0 amide bonds. The van der Waals surface area contributed by atoms with Gasteiger partial charge in [-0.1, -0.05) is 0 Å². The number of nitrogen functional groups attached to an aromatic ring is 1. The summed E-state index contributed by atoms with van der Waals surface area (Å²) in [6.07, 6.45) is 3.88. The quantitative estimate of drug-likeness (QED) is 0.502. The molecule has 0 atom stereocenters. The molecule has 1 aromatic carbocycles. The van der Waals surface area contributed by atoms with Gasteiger partial charge in [-0.25, -0.2) is 19.3 Å². The Bertz CT molecular complexity index is 1080. The number of anilines is 2. The Balaban J connectivity index is 1.29. The number of halogens is 1. The van der Waals surface area contributed by atoms with E-state index in [0.29, 0.717) is 18.2 Å². The molecule has 3 heterocycles. The first kappa shape index (κ1) is 23.4. The van der Waals surface area contributed by atoms with E-state index in [0.717, 1.165) is 50.2 Å². The molecular weight excluding hydrogens is 441 g/mol. The molecule has 10 nitrogen and oxygen atoms in total. The van der Waals surface area contributed by atoms with Crippen molar-refractivity contribution in [1.82, 2.24) is 24.8 Å². The number of piperidine rings is 1. The standard InChI is InChI=1S/C23H28FN7O3/c1-30(2)11-12-32-16-3-5-17(6-4-16)33-21-13-20(27-15-28-21)31-9-7-18(8-10-31)34-23-26-14-19(24)22(25)29-23/h3-6,13-15,18H,7-12H2,1-2H3,(H2,25,26,29). The Morgan fingerprint density at radius 1 is 1.09 bits per heavy atom. The molecule has 0 bridgehead atoms. The predicted molar refractivity (Wildman–Crippen MR) is 125 cm³/mol. The predicted octanol–water partition coefficient (Wildman–Crippen LogP) is 2.77. The molecule has 180 valence electrons. The number of rotatable bonds is 9. The zero-order chi connectivity index (χ0) is 23.9. The van der Waals surface area contributed by atoms with E-state index >= 15 is 0 Å². The lowest BCUT2D eigenvalue weighted by atomic mass is 10.1. The zero-order valence-electron chi connectivity index (χ0n) is 19.2.